The molecule has 8 heteroatoms. The fraction of sp³-hybridized carbons (Fsp3) is 0.152. The number of benzene rings is 3. The van der Waals surface area contributed by atoms with E-state index in [9.17, 15) is 4.79 Å². The lowest BCUT2D eigenvalue weighted by Crippen LogP contribution is -2.22. The summed E-state index contributed by atoms with van der Waals surface area (Å²) < 4.78 is 27.6. The van der Waals surface area contributed by atoms with Gasteiger partial charge in [0.1, 0.15) is 17.2 Å². The molecular formula is C33H28FN3O3S. The smallest absolute Gasteiger partial charge is 0.255 e. The van der Waals surface area contributed by atoms with Crippen molar-refractivity contribution in [2.75, 3.05) is 25.0 Å². The van der Waals surface area contributed by atoms with Gasteiger partial charge in [-0.15, -0.1) is 11.3 Å². The van der Waals surface area contributed by atoms with Crippen molar-refractivity contribution in [3.8, 4) is 34.8 Å². The zero-order valence-electron chi connectivity index (χ0n) is 22.7. The zero-order chi connectivity index (χ0) is 28.6. The number of anilines is 1. The molecule has 1 N–H and O–H groups in total. The van der Waals surface area contributed by atoms with Gasteiger partial charge in [-0.25, -0.2) is 4.39 Å². The third-order valence-electron chi connectivity index (χ3n) is 6.27. The van der Waals surface area contributed by atoms with Gasteiger partial charge in [0.2, 0.25) is 0 Å². The molecule has 0 spiro atoms. The molecular weight excluding hydrogens is 537 g/mol. The van der Waals surface area contributed by atoms with Gasteiger partial charge in [0, 0.05) is 29.6 Å². The summed E-state index contributed by atoms with van der Waals surface area (Å²) in [4.78, 5) is 20.4. The second kappa shape index (κ2) is 13.1. The van der Waals surface area contributed by atoms with E-state index in [1.165, 1.54) is 23.5 Å². The number of carbonyl (C=O) groups is 1. The molecule has 6 nitrogen and oxygen atoms in total. The number of rotatable bonds is 9. The number of para-hydroxylation sites is 1. The minimum atomic E-state index is -0.607. The number of amides is 1. The van der Waals surface area contributed by atoms with Gasteiger partial charge >= 0.3 is 0 Å². The number of hydrogen-bond acceptors (Lipinski definition) is 6. The van der Waals surface area contributed by atoms with Crippen LogP contribution in [0.5, 0.6) is 23.0 Å². The van der Waals surface area contributed by atoms with Crippen molar-refractivity contribution in [2.45, 2.75) is 13.8 Å². The Balaban J connectivity index is 1.27. The molecule has 0 atom stereocenters. The highest BCUT2D eigenvalue weighted by atomic mass is 32.1. The summed E-state index contributed by atoms with van der Waals surface area (Å²) >= 11 is 1.46. The van der Waals surface area contributed by atoms with E-state index in [-0.39, 0.29) is 11.7 Å². The molecule has 0 saturated heterocycles. The molecule has 0 saturated carbocycles. The van der Waals surface area contributed by atoms with E-state index < -0.39 is 5.82 Å². The lowest BCUT2D eigenvalue weighted by atomic mass is 10.2. The molecule has 0 unspecified atom stereocenters. The van der Waals surface area contributed by atoms with E-state index in [0.717, 1.165) is 28.2 Å². The topological polar surface area (TPSA) is 63.7 Å². The third kappa shape index (κ3) is 7.09. The number of carbonyl (C=O) groups excluding carboxylic acids is 1. The molecule has 1 amide bonds. The van der Waals surface area contributed by atoms with Crippen LogP contribution in [0.3, 0.4) is 0 Å². The van der Waals surface area contributed by atoms with Crippen molar-refractivity contribution < 1.29 is 18.7 Å². The minimum absolute atomic E-state index is 0.0383. The van der Waals surface area contributed by atoms with Gasteiger partial charge in [0.25, 0.3) is 5.91 Å². The number of halogens is 1. The average Bonchev–Trinajstić information content (AvgIpc) is 3.41. The van der Waals surface area contributed by atoms with E-state index in [1.807, 2.05) is 36.4 Å². The first-order valence-corrected chi connectivity index (χ1v) is 14.1. The van der Waals surface area contributed by atoms with Crippen molar-refractivity contribution in [1.29, 1.82) is 0 Å². The molecule has 206 valence electrons. The predicted octanol–water partition coefficient (Wildman–Crippen LogP) is 7.97. The normalized spacial score (nSPS) is 10.7. The Kier molecular flexibility index (Phi) is 8.89. The number of fused-ring (bicyclic) bond motifs is 1. The molecule has 0 fully saturated rings. The monoisotopic (exact) mass is 565 g/mol. The maximum atomic E-state index is 15.1. The molecule has 0 aliphatic carbocycles. The molecule has 2 heterocycles. The highest BCUT2D eigenvalue weighted by Crippen LogP contribution is 2.36. The van der Waals surface area contributed by atoms with Crippen LogP contribution in [0.4, 0.5) is 10.1 Å². The zero-order valence-corrected chi connectivity index (χ0v) is 23.5. The van der Waals surface area contributed by atoms with Crippen molar-refractivity contribution in [1.82, 2.24) is 9.88 Å². The van der Waals surface area contributed by atoms with Gasteiger partial charge in [-0.05, 0) is 61.6 Å². The Bertz CT molecular complexity index is 1720. The molecule has 5 aromatic rings. The highest BCUT2D eigenvalue weighted by Gasteiger charge is 2.14. The summed E-state index contributed by atoms with van der Waals surface area (Å²) in [5.74, 6) is 7.12. The van der Waals surface area contributed by atoms with Crippen LogP contribution in [0.15, 0.2) is 91.1 Å². The van der Waals surface area contributed by atoms with Gasteiger partial charge in [-0.1, -0.05) is 50.0 Å². The van der Waals surface area contributed by atoms with Crippen LogP contribution in [-0.2, 0) is 0 Å². The fourth-order valence-corrected chi connectivity index (χ4v) is 4.99. The molecule has 5 rings (SSSR count). The van der Waals surface area contributed by atoms with E-state index in [4.69, 9.17) is 9.47 Å². The van der Waals surface area contributed by atoms with Crippen molar-refractivity contribution in [3.63, 3.8) is 0 Å². The van der Waals surface area contributed by atoms with Crippen LogP contribution < -0.4 is 14.8 Å². The molecule has 0 bridgehead atoms. The fourth-order valence-electron chi connectivity index (χ4n) is 4.05. The Labute approximate surface area is 242 Å². The van der Waals surface area contributed by atoms with Crippen LogP contribution in [0.1, 0.15) is 29.1 Å². The highest BCUT2D eigenvalue weighted by molar-refractivity contribution is 7.19. The first kappa shape index (κ1) is 27.8. The quantitative estimate of drug-likeness (QED) is 0.184. The minimum Gasteiger partial charge on any atom is -0.457 e. The lowest BCUT2D eigenvalue weighted by molar-refractivity contribution is 0.102. The molecule has 0 radical (unpaired) electrons. The molecule has 0 aliphatic heterocycles. The van der Waals surface area contributed by atoms with Gasteiger partial charge in [-0.3, -0.25) is 14.7 Å². The molecule has 2 aromatic heterocycles. The number of ether oxygens (including phenoxy) is 2. The molecule has 0 aliphatic rings. The summed E-state index contributed by atoms with van der Waals surface area (Å²) in [7, 11) is 0. The van der Waals surface area contributed by atoms with Crippen LogP contribution in [0.25, 0.3) is 10.2 Å². The maximum Gasteiger partial charge on any atom is 0.255 e. The number of thiophene rings is 1. The van der Waals surface area contributed by atoms with E-state index in [2.05, 4.69) is 40.9 Å². The second-order valence-corrected chi connectivity index (χ2v) is 10.1. The van der Waals surface area contributed by atoms with Crippen molar-refractivity contribution >= 4 is 33.1 Å². The summed E-state index contributed by atoms with van der Waals surface area (Å²) in [6, 6.07) is 24.0. The van der Waals surface area contributed by atoms with Crippen molar-refractivity contribution in [2.24, 2.45) is 0 Å². The number of pyridine rings is 1. The summed E-state index contributed by atoms with van der Waals surface area (Å²) in [5.41, 5.74) is 1.42. The summed E-state index contributed by atoms with van der Waals surface area (Å²) in [6.45, 7) is 6.81. The third-order valence-corrected chi connectivity index (χ3v) is 7.32. The number of hydrogen-bond donors (Lipinski definition) is 1. The summed E-state index contributed by atoms with van der Waals surface area (Å²) in [6.07, 6.45) is 1.62. The Morgan fingerprint density at radius 2 is 1.73 bits per heavy atom. The van der Waals surface area contributed by atoms with Crippen LogP contribution in [0.2, 0.25) is 0 Å². The first-order valence-electron chi connectivity index (χ1n) is 13.2. The standard InChI is InChI=1S/C33H28FN3O3S/c1-3-37(4-2)19-9-14-27-22-29-32(41-27)31(17-18-35-29)40-30-16-15-24(21-28(30)34)36-33(38)23-10-8-13-26(20-23)39-25-11-6-5-7-12-25/h5-8,10-13,15-18,20-22H,3-4,19H2,1-2H3,(H,36,38). The maximum absolute atomic E-state index is 15.1. The Morgan fingerprint density at radius 1 is 0.927 bits per heavy atom. The number of aromatic nitrogens is 1. The summed E-state index contributed by atoms with van der Waals surface area (Å²) in [5, 5.41) is 2.73. The lowest BCUT2D eigenvalue weighted by Gasteiger charge is -2.12. The Hall–Kier alpha value is -4.71. The largest absolute Gasteiger partial charge is 0.457 e. The Morgan fingerprint density at radius 3 is 2.51 bits per heavy atom. The molecule has 41 heavy (non-hydrogen) atoms. The number of nitrogens with zero attached hydrogens (tertiary/aromatic N) is 2. The van der Waals surface area contributed by atoms with Gasteiger partial charge in [0.05, 0.1) is 21.6 Å². The first-order chi connectivity index (χ1) is 20.0. The van der Waals surface area contributed by atoms with Gasteiger partial charge in [0.15, 0.2) is 11.6 Å². The number of nitrogens with one attached hydrogen (secondary N) is 1. The van der Waals surface area contributed by atoms with Crippen LogP contribution >= 0.6 is 11.3 Å². The SMILES string of the molecule is CCN(CC)CC#Cc1cc2nccc(Oc3ccc(NC(=O)c4cccc(Oc5ccccc5)c4)cc3F)c2s1. The average molecular weight is 566 g/mol. The van der Waals surface area contributed by atoms with Gasteiger partial charge in [-0.2, -0.15) is 0 Å². The van der Waals surface area contributed by atoms with Crippen molar-refractivity contribution in [3.05, 3.63) is 107 Å². The van der Waals surface area contributed by atoms with Crippen LogP contribution in [-0.4, -0.2) is 35.4 Å². The van der Waals surface area contributed by atoms with E-state index >= 15 is 4.39 Å². The van der Waals surface area contributed by atoms with E-state index in [0.29, 0.717) is 35.0 Å². The van der Waals surface area contributed by atoms with Crippen LogP contribution in [0, 0.1) is 17.7 Å². The van der Waals surface area contributed by atoms with E-state index in [1.54, 1.807) is 42.6 Å². The second-order valence-electron chi connectivity index (χ2n) is 9.04. The molecule has 3 aromatic carbocycles. The predicted molar refractivity (Wildman–Crippen MR) is 162 cm³/mol. The van der Waals surface area contributed by atoms with Gasteiger partial charge < -0.3 is 14.8 Å².